The van der Waals surface area contributed by atoms with E-state index >= 15 is 0 Å². The third kappa shape index (κ3) is 16.3. The van der Waals surface area contributed by atoms with E-state index in [0.717, 1.165) is 6.08 Å². The van der Waals surface area contributed by atoms with Gasteiger partial charge in [0.2, 0.25) is 0 Å². The number of hydrogen-bond donors (Lipinski definition) is 0. The van der Waals surface area contributed by atoms with Gasteiger partial charge >= 0.3 is 32.7 Å². The van der Waals surface area contributed by atoms with Gasteiger partial charge in [0.05, 0.1) is 19.8 Å². The summed E-state index contributed by atoms with van der Waals surface area (Å²) in [5, 5.41) is 0. The van der Waals surface area contributed by atoms with E-state index in [1.165, 1.54) is 20.8 Å². The number of rotatable bonds is 19. The van der Waals surface area contributed by atoms with Crippen LogP contribution < -0.4 is 0 Å². The van der Waals surface area contributed by atoms with Crippen LogP contribution in [-0.2, 0) is 50.5 Å². The van der Waals surface area contributed by atoms with Gasteiger partial charge in [0, 0.05) is 26.8 Å². The van der Waals surface area contributed by atoms with Crippen molar-refractivity contribution in [2.75, 3.05) is 19.8 Å². The van der Waals surface area contributed by atoms with E-state index in [1.807, 2.05) is 46.2 Å². The van der Waals surface area contributed by atoms with Crippen LogP contribution in [0.3, 0.4) is 0 Å². The maximum atomic E-state index is 12.4. The van der Waals surface area contributed by atoms with Gasteiger partial charge in [0.25, 0.3) is 0 Å². The van der Waals surface area contributed by atoms with E-state index in [1.54, 1.807) is 0 Å². The molecule has 0 N–H and O–H groups in total. The van der Waals surface area contributed by atoms with E-state index in [4.69, 9.17) is 31.3 Å². The number of ether oxygens (including phenoxy) is 4. The molecule has 15 heteroatoms. The molecule has 0 radical (unpaired) electrons. The third-order valence-corrected chi connectivity index (χ3v) is 21.1. The fourth-order valence-electron chi connectivity index (χ4n) is 3.48. The Morgan fingerprint density at radius 2 is 0.974 bits per heavy atom. The monoisotopic (exact) mass is 624 g/mol. The van der Waals surface area contributed by atoms with Crippen LogP contribution in [0.1, 0.15) is 34.1 Å². The van der Waals surface area contributed by atoms with Gasteiger partial charge in [-0.3, -0.25) is 14.4 Å². The highest BCUT2D eigenvalue weighted by molar-refractivity contribution is 6.91. The highest BCUT2D eigenvalue weighted by atomic mass is 28.5. The summed E-state index contributed by atoms with van der Waals surface area (Å²) in [5.41, 5.74) is -0.843. The Kier molecular flexibility index (Phi) is 15.9. The van der Waals surface area contributed by atoms with Crippen molar-refractivity contribution in [1.82, 2.24) is 0 Å². The number of esters is 4. The lowest BCUT2D eigenvalue weighted by Crippen LogP contribution is -2.69. The van der Waals surface area contributed by atoms with Gasteiger partial charge in [0.15, 0.2) is 30.7 Å². The molecule has 0 heterocycles. The van der Waals surface area contributed by atoms with E-state index in [0.29, 0.717) is 24.6 Å². The summed E-state index contributed by atoms with van der Waals surface area (Å²) in [6, 6.07) is 1.39. The first-order chi connectivity index (χ1) is 17.8. The first kappa shape index (κ1) is 37.4. The largest absolute Gasteiger partial charge is 0.512 e. The predicted molar refractivity (Wildman–Crippen MR) is 156 cm³/mol. The van der Waals surface area contributed by atoms with Crippen LogP contribution in [0.2, 0.25) is 57.4 Å². The van der Waals surface area contributed by atoms with Crippen molar-refractivity contribution < 1.29 is 50.5 Å². The molecule has 0 rings (SSSR count). The first-order valence-corrected chi connectivity index (χ1v) is 24.3. The van der Waals surface area contributed by atoms with Crippen LogP contribution in [0, 0.1) is 0 Å². The van der Waals surface area contributed by atoms with Crippen LogP contribution in [0.5, 0.6) is 0 Å². The highest BCUT2D eigenvalue weighted by Gasteiger charge is 2.59. The average molecular weight is 625 g/mol. The minimum atomic E-state index is -3.87. The van der Waals surface area contributed by atoms with Crippen LogP contribution in [-0.4, -0.2) is 83.2 Å². The summed E-state index contributed by atoms with van der Waals surface area (Å²) in [7, 11) is -11.8. The Morgan fingerprint density at radius 3 is 1.21 bits per heavy atom. The molecule has 0 aliphatic heterocycles. The zero-order chi connectivity index (χ0) is 30.5. The normalized spacial score (nSPS) is 13.3. The van der Waals surface area contributed by atoms with Crippen molar-refractivity contribution in [2.24, 2.45) is 0 Å². The first-order valence-electron chi connectivity index (χ1n) is 13.1. The highest BCUT2D eigenvalue weighted by Crippen LogP contribution is 2.34. The Bertz CT molecular complexity index is 762. The van der Waals surface area contributed by atoms with Crippen molar-refractivity contribution in [3.8, 4) is 0 Å². The van der Waals surface area contributed by atoms with Crippen molar-refractivity contribution in [2.45, 2.75) is 97.3 Å². The topological polar surface area (TPSA) is 133 Å². The summed E-state index contributed by atoms with van der Waals surface area (Å²) in [6.07, 6.45) is 1.43. The van der Waals surface area contributed by atoms with Crippen LogP contribution in [0.4, 0.5) is 0 Å². The number of hydrogen-bond acceptors (Lipinski definition) is 11. The maximum Gasteiger partial charge on any atom is 0.512 e. The van der Waals surface area contributed by atoms with E-state index in [-0.39, 0.29) is 37.7 Å². The average Bonchev–Trinajstić information content (AvgIpc) is 2.74. The Balaban J connectivity index is 6.64. The molecule has 0 aromatic rings. The van der Waals surface area contributed by atoms with Gasteiger partial charge in [0.1, 0.15) is 0 Å². The molecule has 0 aromatic heterocycles. The van der Waals surface area contributed by atoms with Crippen molar-refractivity contribution >= 4 is 57.6 Å². The molecule has 1 atom stereocenters. The number of carbonyl (C=O) groups excluding carboxylic acids is 4. The molecular formula is C24H48O11Si4. The van der Waals surface area contributed by atoms with E-state index < -0.39 is 45.5 Å². The van der Waals surface area contributed by atoms with Crippen molar-refractivity contribution in [3.05, 3.63) is 12.7 Å². The molecular weight excluding hydrogens is 577 g/mol. The van der Waals surface area contributed by atoms with E-state index in [2.05, 4.69) is 6.58 Å². The fraction of sp³-hybridized carbons (Fsp3) is 0.750. The van der Waals surface area contributed by atoms with E-state index in [9.17, 15) is 19.2 Å². The summed E-state index contributed by atoms with van der Waals surface area (Å²) < 4.78 is 42.1. The molecule has 11 nitrogen and oxygen atoms in total. The summed E-state index contributed by atoms with van der Waals surface area (Å²) >= 11 is 0. The van der Waals surface area contributed by atoms with Crippen LogP contribution >= 0.6 is 0 Å². The summed E-state index contributed by atoms with van der Waals surface area (Å²) in [6.45, 7) is 21.7. The van der Waals surface area contributed by atoms with Crippen LogP contribution in [0.15, 0.2) is 12.7 Å². The second kappa shape index (κ2) is 16.6. The molecule has 0 spiro atoms. The zero-order valence-electron chi connectivity index (χ0n) is 25.3. The molecule has 0 fully saturated rings. The third-order valence-electron chi connectivity index (χ3n) is 5.47. The number of carbonyl (C=O) groups is 4. The van der Waals surface area contributed by atoms with Gasteiger partial charge in [-0.15, -0.1) is 0 Å². The molecule has 1 unspecified atom stereocenters. The smallest absolute Gasteiger partial charge is 0.466 e. The fourth-order valence-corrected chi connectivity index (χ4v) is 19.7. The molecule has 0 saturated carbocycles. The lowest BCUT2D eigenvalue weighted by molar-refractivity contribution is -0.142. The molecule has 0 aliphatic rings. The van der Waals surface area contributed by atoms with Gasteiger partial charge in [-0.2, -0.15) is 0 Å². The van der Waals surface area contributed by atoms with Gasteiger partial charge in [-0.25, -0.2) is 4.79 Å². The Morgan fingerprint density at radius 1 is 0.667 bits per heavy atom. The molecule has 0 amide bonds. The minimum Gasteiger partial charge on any atom is -0.466 e. The molecule has 0 bridgehead atoms. The standard InChI is InChI=1S/C24H48O11Si4/c1-12-23(28)32-24(13-2)39(33-36(6,7)17-14-29-20(3)25,34-37(8,9)18-15-30-21(4)26)35-38(10,11)19-16-31-22(5)27/h12,24H,1,13-19H2,2-11H3. The molecule has 0 saturated heterocycles. The SMILES string of the molecule is C=CC(=O)OC(CC)[Si](O[Si](C)(C)CCOC(C)=O)(O[Si](C)(C)CCOC(C)=O)O[Si](C)(C)CCOC(C)=O. The lowest BCUT2D eigenvalue weighted by Gasteiger charge is -2.47. The molecule has 0 aliphatic carbocycles. The van der Waals surface area contributed by atoms with Gasteiger partial charge < -0.3 is 31.3 Å². The second-order valence-corrected chi connectivity index (χ2v) is 27.4. The summed E-state index contributed by atoms with van der Waals surface area (Å²) in [4.78, 5) is 46.6. The molecule has 39 heavy (non-hydrogen) atoms. The van der Waals surface area contributed by atoms with Gasteiger partial charge in [-0.1, -0.05) is 13.5 Å². The quantitative estimate of drug-likeness (QED) is 0.0880. The lowest BCUT2D eigenvalue weighted by atomic mass is 10.5. The zero-order valence-corrected chi connectivity index (χ0v) is 29.3. The molecule has 226 valence electrons. The summed E-state index contributed by atoms with van der Waals surface area (Å²) in [5.74, 6) is -1.80. The Labute approximate surface area is 237 Å². The molecule has 0 aromatic carbocycles. The Hall–Kier alpha value is -1.63. The second-order valence-electron chi connectivity index (χ2n) is 11.0. The predicted octanol–water partition coefficient (Wildman–Crippen LogP) is 4.33. The van der Waals surface area contributed by atoms with Crippen molar-refractivity contribution in [1.29, 1.82) is 0 Å². The van der Waals surface area contributed by atoms with Crippen LogP contribution in [0.25, 0.3) is 0 Å². The maximum absolute atomic E-state index is 12.4. The van der Waals surface area contributed by atoms with Crippen molar-refractivity contribution in [3.63, 3.8) is 0 Å². The van der Waals surface area contributed by atoms with Gasteiger partial charge in [-0.05, 0) is 63.8 Å². The minimum absolute atomic E-state index is 0.169.